The number of amides is 1. The summed E-state index contributed by atoms with van der Waals surface area (Å²) in [5.41, 5.74) is -0.241. The highest BCUT2D eigenvalue weighted by atomic mass is 32.2. The summed E-state index contributed by atoms with van der Waals surface area (Å²) in [7, 11) is 0. The molecule has 0 aromatic heterocycles. The van der Waals surface area contributed by atoms with Crippen molar-refractivity contribution in [3.05, 3.63) is 23.8 Å². The number of hydrogen-bond acceptors (Lipinski definition) is 3. The van der Waals surface area contributed by atoms with Gasteiger partial charge in [0, 0.05) is 17.1 Å². The van der Waals surface area contributed by atoms with E-state index < -0.39 is 24.0 Å². The van der Waals surface area contributed by atoms with Gasteiger partial charge in [0.05, 0.1) is 17.5 Å². The number of alkyl halides is 3. The Hall–Kier alpha value is -1.81. The minimum Gasteiger partial charge on any atom is -0.384 e. The Bertz CT molecular complexity index is 606. The second kappa shape index (κ2) is 7.64. The average Bonchev–Trinajstić information content (AvgIpc) is 2.45. The van der Waals surface area contributed by atoms with Gasteiger partial charge in [-0.05, 0) is 38.3 Å². The zero-order chi connectivity index (χ0) is 17.7. The average molecular weight is 344 g/mol. The summed E-state index contributed by atoms with van der Waals surface area (Å²) in [6.45, 7) is 3.03. The largest absolute Gasteiger partial charge is 0.390 e. The molecule has 1 amide bonds. The third kappa shape index (κ3) is 6.45. The minimum absolute atomic E-state index is 0.266. The molecule has 0 bridgehead atoms. The molecule has 0 fully saturated rings. The highest BCUT2D eigenvalue weighted by Crippen LogP contribution is 2.25. The van der Waals surface area contributed by atoms with E-state index in [1.807, 2.05) is 6.26 Å². The van der Waals surface area contributed by atoms with E-state index in [0.29, 0.717) is 5.69 Å². The van der Waals surface area contributed by atoms with Gasteiger partial charge in [0.1, 0.15) is 0 Å². The first kappa shape index (κ1) is 19.2. The molecule has 1 aromatic rings. The number of anilines is 1. The molecule has 0 saturated heterocycles. The molecule has 126 valence electrons. The third-order valence-corrected chi connectivity index (χ3v) is 3.71. The van der Waals surface area contributed by atoms with E-state index in [9.17, 15) is 18.0 Å². The molecule has 2 N–H and O–H groups in total. The molecule has 0 heterocycles. The van der Waals surface area contributed by atoms with Gasteiger partial charge in [-0.3, -0.25) is 4.79 Å². The maximum absolute atomic E-state index is 12.4. The molecule has 0 aliphatic heterocycles. The second-order valence-electron chi connectivity index (χ2n) is 5.43. The highest BCUT2D eigenvalue weighted by Gasteiger charge is 2.26. The van der Waals surface area contributed by atoms with Crippen LogP contribution in [0.15, 0.2) is 23.1 Å². The lowest BCUT2D eigenvalue weighted by molar-refractivity contribution is -0.131. The molecule has 0 saturated carbocycles. The van der Waals surface area contributed by atoms with E-state index in [0.717, 1.165) is 4.90 Å². The number of benzene rings is 1. The zero-order valence-electron chi connectivity index (χ0n) is 13.2. The second-order valence-corrected chi connectivity index (χ2v) is 6.31. The first-order valence-corrected chi connectivity index (χ1v) is 8.09. The lowest BCUT2D eigenvalue weighted by Crippen LogP contribution is -2.42. The van der Waals surface area contributed by atoms with Gasteiger partial charge in [-0.15, -0.1) is 18.2 Å². The smallest absolute Gasteiger partial charge is 0.384 e. The molecule has 0 aliphatic carbocycles. The van der Waals surface area contributed by atoms with E-state index in [1.54, 1.807) is 32.0 Å². The van der Waals surface area contributed by atoms with Crippen LogP contribution >= 0.6 is 11.8 Å². The van der Waals surface area contributed by atoms with Crippen LogP contribution in [0.2, 0.25) is 0 Å². The molecule has 0 radical (unpaired) electrons. The molecule has 0 atom stereocenters. The Labute approximate surface area is 138 Å². The number of hydrogen-bond donors (Lipinski definition) is 2. The first-order chi connectivity index (χ1) is 10.6. The Morgan fingerprint density at radius 3 is 2.52 bits per heavy atom. The van der Waals surface area contributed by atoms with Crippen LogP contribution in [0.3, 0.4) is 0 Å². The molecule has 0 aliphatic rings. The van der Waals surface area contributed by atoms with Crippen molar-refractivity contribution in [2.45, 2.75) is 36.9 Å². The Morgan fingerprint density at radius 1 is 1.35 bits per heavy atom. The monoisotopic (exact) mass is 344 g/mol. The Morgan fingerprint density at radius 2 is 2.00 bits per heavy atom. The van der Waals surface area contributed by atoms with E-state index in [2.05, 4.69) is 16.6 Å². The van der Waals surface area contributed by atoms with Crippen molar-refractivity contribution in [3.63, 3.8) is 0 Å². The maximum Gasteiger partial charge on any atom is 0.390 e. The van der Waals surface area contributed by atoms with Crippen LogP contribution in [0, 0.1) is 12.3 Å². The number of nitrogens with one attached hydrogen (secondary N) is 2. The maximum atomic E-state index is 12.4. The SMILES string of the molecule is C#CC(C)(C)NC(=O)c1cc(SC)ccc1NCCC(F)(F)F. The summed E-state index contributed by atoms with van der Waals surface area (Å²) in [5.74, 6) is 2.01. The number of halogens is 3. The van der Waals surface area contributed by atoms with Crippen LogP contribution < -0.4 is 10.6 Å². The third-order valence-electron chi connectivity index (χ3n) is 2.98. The van der Waals surface area contributed by atoms with Crippen molar-refractivity contribution in [1.82, 2.24) is 5.32 Å². The summed E-state index contributed by atoms with van der Waals surface area (Å²) in [6, 6.07) is 4.96. The predicted octanol–water partition coefficient (Wildman–Crippen LogP) is 3.91. The number of carbonyl (C=O) groups is 1. The number of carbonyl (C=O) groups excluding carboxylic acids is 1. The van der Waals surface area contributed by atoms with Crippen LogP contribution in [0.4, 0.5) is 18.9 Å². The quantitative estimate of drug-likeness (QED) is 0.607. The van der Waals surface area contributed by atoms with Crippen molar-refractivity contribution in [3.8, 4) is 12.3 Å². The lowest BCUT2D eigenvalue weighted by atomic mass is 10.1. The number of thioether (sulfide) groups is 1. The zero-order valence-corrected chi connectivity index (χ0v) is 14.0. The van der Waals surface area contributed by atoms with Gasteiger partial charge in [-0.25, -0.2) is 0 Å². The van der Waals surface area contributed by atoms with Gasteiger partial charge < -0.3 is 10.6 Å². The van der Waals surface area contributed by atoms with Crippen molar-refractivity contribution in [1.29, 1.82) is 0 Å². The first-order valence-electron chi connectivity index (χ1n) is 6.87. The van der Waals surface area contributed by atoms with E-state index >= 15 is 0 Å². The normalized spacial score (nSPS) is 11.7. The topological polar surface area (TPSA) is 41.1 Å². The van der Waals surface area contributed by atoms with Gasteiger partial charge in [0.15, 0.2) is 0 Å². The van der Waals surface area contributed by atoms with Crippen LogP contribution in [-0.4, -0.2) is 30.4 Å². The molecule has 1 aromatic carbocycles. The molecule has 1 rings (SSSR count). The fraction of sp³-hybridized carbons (Fsp3) is 0.438. The van der Waals surface area contributed by atoms with Crippen LogP contribution in [0.5, 0.6) is 0 Å². The Kier molecular flexibility index (Phi) is 6.39. The lowest BCUT2D eigenvalue weighted by Gasteiger charge is -2.21. The number of terminal acetylenes is 1. The molecular weight excluding hydrogens is 325 g/mol. The molecular formula is C16H19F3N2OS. The summed E-state index contributed by atoms with van der Waals surface area (Å²) < 4.78 is 36.8. The van der Waals surface area contributed by atoms with Gasteiger partial charge in [0.2, 0.25) is 0 Å². The fourth-order valence-electron chi connectivity index (χ4n) is 1.72. The Balaban J connectivity index is 2.98. The van der Waals surface area contributed by atoms with Crippen molar-refractivity contribution >= 4 is 23.4 Å². The molecule has 0 unspecified atom stereocenters. The van der Waals surface area contributed by atoms with Gasteiger partial charge >= 0.3 is 6.18 Å². The molecule has 7 heteroatoms. The van der Waals surface area contributed by atoms with Crippen LogP contribution in [0.1, 0.15) is 30.6 Å². The van der Waals surface area contributed by atoms with Gasteiger partial charge in [-0.2, -0.15) is 13.2 Å². The molecule has 23 heavy (non-hydrogen) atoms. The van der Waals surface area contributed by atoms with Crippen molar-refractivity contribution in [2.24, 2.45) is 0 Å². The standard InChI is InChI=1S/C16H19F3N2OS/c1-5-15(2,3)21-14(22)12-10-11(23-4)6-7-13(12)20-9-8-16(17,18)19/h1,6-7,10,20H,8-9H2,2-4H3,(H,21,22). The summed E-state index contributed by atoms with van der Waals surface area (Å²) in [6.07, 6.45) is 1.96. The van der Waals surface area contributed by atoms with E-state index in [1.165, 1.54) is 11.8 Å². The van der Waals surface area contributed by atoms with Crippen LogP contribution in [-0.2, 0) is 0 Å². The van der Waals surface area contributed by atoms with E-state index in [-0.39, 0.29) is 12.1 Å². The van der Waals surface area contributed by atoms with Gasteiger partial charge in [-0.1, -0.05) is 5.92 Å². The van der Waals surface area contributed by atoms with Crippen LogP contribution in [0.25, 0.3) is 0 Å². The predicted molar refractivity (Wildman–Crippen MR) is 87.8 cm³/mol. The summed E-state index contributed by atoms with van der Waals surface area (Å²) in [4.78, 5) is 13.2. The summed E-state index contributed by atoms with van der Waals surface area (Å²) >= 11 is 1.43. The fourth-order valence-corrected chi connectivity index (χ4v) is 2.16. The van der Waals surface area contributed by atoms with Crippen molar-refractivity contribution in [2.75, 3.05) is 18.1 Å². The minimum atomic E-state index is -4.25. The van der Waals surface area contributed by atoms with Crippen molar-refractivity contribution < 1.29 is 18.0 Å². The summed E-state index contributed by atoms with van der Waals surface area (Å²) in [5, 5.41) is 5.34. The number of rotatable bonds is 6. The highest BCUT2D eigenvalue weighted by molar-refractivity contribution is 7.98. The van der Waals surface area contributed by atoms with E-state index in [4.69, 9.17) is 6.42 Å². The molecule has 0 spiro atoms. The molecule has 3 nitrogen and oxygen atoms in total. The van der Waals surface area contributed by atoms with Gasteiger partial charge in [0.25, 0.3) is 5.91 Å².